The van der Waals surface area contributed by atoms with Crippen molar-refractivity contribution in [3.63, 3.8) is 0 Å². The molecule has 0 bridgehead atoms. The molecule has 27 heavy (non-hydrogen) atoms. The molecule has 0 aromatic heterocycles. The molecule has 5 atom stereocenters. The molecule has 1 saturated heterocycles. The second-order valence-electron chi connectivity index (χ2n) is 11.4. The molecule has 0 aromatic carbocycles. The Bertz CT molecular complexity index is 469. The molecule has 2 aliphatic rings. The summed E-state index contributed by atoms with van der Waals surface area (Å²) in [5.41, 5.74) is 0.217. The summed E-state index contributed by atoms with van der Waals surface area (Å²) in [6.07, 6.45) is 9.44. The molecule has 1 aliphatic heterocycles. The zero-order valence-electron chi connectivity index (χ0n) is 19.3. The van der Waals surface area contributed by atoms with Crippen molar-refractivity contribution in [1.29, 1.82) is 0 Å². The summed E-state index contributed by atoms with van der Waals surface area (Å²) >= 11 is 0. The van der Waals surface area contributed by atoms with Crippen LogP contribution in [0, 0.1) is 17.3 Å². The van der Waals surface area contributed by atoms with Crippen molar-refractivity contribution in [3.05, 3.63) is 0 Å². The Morgan fingerprint density at radius 1 is 1.15 bits per heavy atom. The third-order valence-corrected chi connectivity index (χ3v) is 12.3. The fraction of sp³-hybridized carbons (Fsp3) is 1.00. The van der Waals surface area contributed by atoms with Gasteiger partial charge in [-0.2, -0.15) is 0 Å². The average molecular weight is 399 g/mol. The van der Waals surface area contributed by atoms with E-state index in [1.165, 1.54) is 32.1 Å². The van der Waals surface area contributed by atoms with Crippen molar-refractivity contribution < 1.29 is 14.3 Å². The van der Waals surface area contributed by atoms with Gasteiger partial charge in [-0.1, -0.05) is 54.4 Å². The van der Waals surface area contributed by atoms with Crippen LogP contribution in [-0.2, 0) is 9.16 Å². The van der Waals surface area contributed by atoms with E-state index in [4.69, 9.17) is 9.16 Å². The lowest BCUT2D eigenvalue weighted by Gasteiger charge is -2.45. The van der Waals surface area contributed by atoms with Crippen LogP contribution < -0.4 is 0 Å². The Kier molecular flexibility index (Phi) is 7.66. The molecule has 0 amide bonds. The van der Waals surface area contributed by atoms with Crippen molar-refractivity contribution >= 4 is 8.32 Å². The minimum Gasteiger partial charge on any atom is -0.413 e. The summed E-state index contributed by atoms with van der Waals surface area (Å²) in [6.45, 7) is 18.9. The van der Waals surface area contributed by atoms with Crippen LogP contribution in [0.25, 0.3) is 0 Å². The zero-order chi connectivity index (χ0) is 20.5. The molecule has 5 unspecified atom stereocenters. The normalized spacial score (nSPS) is 30.6. The van der Waals surface area contributed by atoms with Gasteiger partial charge in [0.05, 0.1) is 12.2 Å². The molecular weight excluding hydrogens is 352 g/mol. The summed E-state index contributed by atoms with van der Waals surface area (Å²) in [7, 11) is -1.80. The number of fused-ring (bicyclic) bond motifs is 1. The lowest BCUT2D eigenvalue weighted by molar-refractivity contribution is -0.0906. The largest absolute Gasteiger partial charge is 0.413 e. The monoisotopic (exact) mass is 398 g/mol. The first-order chi connectivity index (χ1) is 12.4. The first-order valence-electron chi connectivity index (χ1n) is 11.4. The molecule has 2 fully saturated rings. The highest BCUT2D eigenvalue weighted by Crippen LogP contribution is 2.47. The number of rotatable bonds is 9. The predicted octanol–water partition coefficient (Wildman–Crippen LogP) is 6.51. The summed E-state index contributed by atoms with van der Waals surface area (Å²) in [6, 6.07) is 0. The summed E-state index contributed by atoms with van der Waals surface area (Å²) in [5.74, 6) is 1.26. The minimum atomic E-state index is -1.80. The van der Waals surface area contributed by atoms with E-state index in [2.05, 4.69) is 54.6 Å². The Balaban J connectivity index is 2.05. The van der Waals surface area contributed by atoms with Gasteiger partial charge in [0.25, 0.3) is 0 Å². The smallest absolute Gasteiger partial charge is 0.192 e. The molecule has 160 valence electrons. The molecule has 1 heterocycles. The number of hydrogen-bond donors (Lipinski definition) is 1. The van der Waals surface area contributed by atoms with Crippen LogP contribution in [0.4, 0.5) is 0 Å². The Hall–Kier alpha value is 0.0969. The van der Waals surface area contributed by atoms with E-state index in [-0.39, 0.29) is 10.5 Å². The van der Waals surface area contributed by atoms with Gasteiger partial charge in [-0.05, 0) is 67.5 Å². The van der Waals surface area contributed by atoms with Gasteiger partial charge in [0.2, 0.25) is 0 Å². The van der Waals surface area contributed by atoms with E-state index in [0.29, 0.717) is 24.0 Å². The fourth-order valence-corrected chi connectivity index (χ4v) is 6.27. The highest BCUT2D eigenvalue weighted by atomic mass is 28.4. The molecule has 4 heteroatoms. The lowest BCUT2D eigenvalue weighted by Crippen LogP contribution is -2.48. The van der Waals surface area contributed by atoms with E-state index in [9.17, 15) is 5.11 Å². The van der Waals surface area contributed by atoms with Crippen molar-refractivity contribution in [3.8, 4) is 0 Å². The molecule has 2 rings (SSSR count). The highest BCUT2D eigenvalue weighted by Gasteiger charge is 2.46. The standard InChI is InChI=1S/C23H46O3Si/c1-9-10-15-23(5,6)20(26-27(7,8)22(2,3)4)14-12-17-11-13-19-18(17)16-21(24)25-19/h17-21,24H,9-16H2,1-8H3. The van der Waals surface area contributed by atoms with Gasteiger partial charge in [-0.3, -0.25) is 0 Å². The van der Waals surface area contributed by atoms with Crippen molar-refractivity contribution in [1.82, 2.24) is 0 Å². The number of hydrogen-bond acceptors (Lipinski definition) is 3. The van der Waals surface area contributed by atoms with Crippen molar-refractivity contribution in [2.45, 2.75) is 130 Å². The molecule has 0 radical (unpaired) electrons. The van der Waals surface area contributed by atoms with Gasteiger partial charge in [0.1, 0.15) is 0 Å². The number of aliphatic hydroxyl groups excluding tert-OH is 1. The van der Waals surface area contributed by atoms with Crippen LogP contribution in [0.2, 0.25) is 18.1 Å². The quantitative estimate of drug-likeness (QED) is 0.450. The molecular formula is C23H46O3Si. The van der Waals surface area contributed by atoms with Crippen LogP contribution in [0.3, 0.4) is 0 Å². The Morgan fingerprint density at radius 2 is 1.81 bits per heavy atom. The molecule has 3 nitrogen and oxygen atoms in total. The van der Waals surface area contributed by atoms with Crippen molar-refractivity contribution in [2.75, 3.05) is 0 Å². The zero-order valence-corrected chi connectivity index (χ0v) is 20.3. The maximum atomic E-state index is 9.86. The van der Waals surface area contributed by atoms with Crippen LogP contribution in [0.15, 0.2) is 0 Å². The predicted molar refractivity (Wildman–Crippen MR) is 116 cm³/mol. The van der Waals surface area contributed by atoms with E-state index in [0.717, 1.165) is 19.3 Å². The van der Waals surface area contributed by atoms with E-state index < -0.39 is 14.6 Å². The third kappa shape index (κ3) is 5.80. The number of ether oxygens (including phenoxy) is 1. The summed E-state index contributed by atoms with van der Waals surface area (Å²) in [4.78, 5) is 0. The molecule has 1 N–H and O–H groups in total. The van der Waals surface area contributed by atoms with Gasteiger partial charge in [0.15, 0.2) is 14.6 Å². The topological polar surface area (TPSA) is 38.7 Å². The highest BCUT2D eigenvalue weighted by molar-refractivity contribution is 6.74. The third-order valence-electron chi connectivity index (χ3n) is 7.80. The first kappa shape index (κ1) is 23.4. The number of aliphatic hydroxyl groups is 1. The second-order valence-corrected chi connectivity index (χ2v) is 16.2. The average Bonchev–Trinajstić information content (AvgIpc) is 3.07. The van der Waals surface area contributed by atoms with E-state index in [1.807, 2.05) is 0 Å². The fourth-order valence-electron chi connectivity index (χ4n) is 4.77. The summed E-state index contributed by atoms with van der Waals surface area (Å²) < 4.78 is 12.7. The van der Waals surface area contributed by atoms with Crippen LogP contribution in [-0.4, -0.2) is 31.9 Å². The maximum Gasteiger partial charge on any atom is 0.192 e. The van der Waals surface area contributed by atoms with Crippen LogP contribution >= 0.6 is 0 Å². The Labute approximate surface area is 169 Å². The van der Waals surface area contributed by atoms with Crippen molar-refractivity contribution in [2.24, 2.45) is 17.3 Å². The first-order valence-corrected chi connectivity index (χ1v) is 14.3. The second kappa shape index (κ2) is 8.85. The lowest BCUT2D eigenvalue weighted by atomic mass is 9.78. The molecule has 0 spiro atoms. The Morgan fingerprint density at radius 3 is 2.41 bits per heavy atom. The van der Waals surface area contributed by atoms with E-state index in [1.54, 1.807) is 0 Å². The molecule has 1 saturated carbocycles. The maximum absolute atomic E-state index is 9.86. The molecule has 1 aliphatic carbocycles. The van der Waals surface area contributed by atoms with Crippen LogP contribution in [0.5, 0.6) is 0 Å². The minimum absolute atomic E-state index is 0.217. The van der Waals surface area contributed by atoms with Crippen LogP contribution in [0.1, 0.15) is 92.9 Å². The number of unbranched alkanes of at least 4 members (excludes halogenated alkanes) is 1. The summed E-state index contributed by atoms with van der Waals surface area (Å²) in [5, 5.41) is 10.1. The van der Waals surface area contributed by atoms with Gasteiger partial charge in [-0.25, -0.2) is 0 Å². The van der Waals surface area contributed by atoms with Gasteiger partial charge >= 0.3 is 0 Å². The van der Waals surface area contributed by atoms with Gasteiger partial charge < -0.3 is 14.3 Å². The van der Waals surface area contributed by atoms with Gasteiger partial charge in [-0.15, -0.1) is 0 Å². The molecule has 0 aromatic rings. The van der Waals surface area contributed by atoms with Gasteiger partial charge in [0, 0.05) is 6.42 Å². The van der Waals surface area contributed by atoms with E-state index >= 15 is 0 Å². The SMILES string of the molecule is CCCCC(C)(C)C(CCC1CCC2OC(O)CC12)O[Si](C)(C)C(C)(C)C.